The zero-order chi connectivity index (χ0) is 22.6. The highest BCUT2D eigenvalue weighted by Crippen LogP contribution is 2.58. The summed E-state index contributed by atoms with van der Waals surface area (Å²) in [6.07, 6.45) is -16.1. The van der Waals surface area contributed by atoms with Crippen LogP contribution in [0.15, 0.2) is 0 Å². The summed E-state index contributed by atoms with van der Waals surface area (Å²) in [6, 6.07) is 0. The third-order valence-corrected chi connectivity index (χ3v) is 3.47. The highest BCUT2D eigenvalue weighted by Gasteiger charge is 2.88. The maximum atomic E-state index is 13.3. The minimum Gasteiger partial charge on any atom is -0.368 e. The summed E-state index contributed by atoms with van der Waals surface area (Å²) in [4.78, 5) is 0. The highest BCUT2D eigenvalue weighted by molar-refractivity contribution is 5.07. The maximum absolute atomic E-state index is 13.3. The Morgan fingerprint density at radius 1 is 0.679 bits per heavy atom. The molecular weight excluding hydrogens is 435 g/mol. The second-order valence-electron chi connectivity index (χ2n) is 5.63. The monoisotopic (exact) mass is 450 g/mol. The van der Waals surface area contributed by atoms with Gasteiger partial charge in [0.25, 0.3) is 0 Å². The van der Waals surface area contributed by atoms with Gasteiger partial charge >= 0.3 is 36.2 Å². The molecular formula is C13H15F13O2. The second-order valence-corrected chi connectivity index (χ2v) is 5.63. The van der Waals surface area contributed by atoms with Gasteiger partial charge in [-0.15, -0.1) is 0 Å². The van der Waals surface area contributed by atoms with Gasteiger partial charge in [0.2, 0.25) is 0 Å². The van der Waals surface area contributed by atoms with Gasteiger partial charge in [-0.2, -0.15) is 43.9 Å². The van der Waals surface area contributed by atoms with Crippen LogP contribution in [0.3, 0.4) is 0 Å². The third-order valence-electron chi connectivity index (χ3n) is 3.47. The molecule has 0 aliphatic heterocycles. The number of alkyl halides is 13. The molecule has 0 aromatic carbocycles. The van der Waals surface area contributed by atoms with Crippen LogP contribution < -0.4 is 0 Å². The lowest BCUT2D eigenvalue weighted by Gasteiger charge is -2.39. The van der Waals surface area contributed by atoms with Crippen molar-refractivity contribution in [1.29, 1.82) is 0 Å². The average Bonchev–Trinajstić information content (AvgIpc) is 2.53. The molecule has 0 heterocycles. The van der Waals surface area contributed by atoms with E-state index in [-0.39, 0.29) is 25.7 Å². The van der Waals surface area contributed by atoms with Crippen molar-refractivity contribution < 1.29 is 66.9 Å². The molecule has 0 fully saturated rings. The minimum absolute atomic E-state index is 0.0326. The molecule has 0 saturated carbocycles. The normalized spacial score (nSPS) is 16.0. The first kappa shape index (κ1) is 27.0. The summed E-state index contributed by atoms with van der Waals surface area (Å²) in [5, 5.41) is 9.01. The summed E-state index contributed by atoms with van der Waals surface area (Å²) < 4.78 is 169. The summed E-state index contributed by atoms with van der Waals surface area (Å²) in [6.45, 7) is -0.740. The predicted octanol–water partition coefficient (Wildman–Crippen LogP) is 5.64. The van der Waals surface area contributed by atoms with Crippen molar-refractivity contribution in [3.63, 3.8) is 0 Å². The number of hydrogen-bond acceptors (Lipinski definition) is 2. The van der Waals surface area contributed by atoms with Crippen LogP contribution in [0.25, 0.3) is 0 Å². The van der Waals surface area contributed by atoms with Crippen molar-refractivity contribution in [2.45, 2.75) is 74.6 Å². The van der Waals surface area contributed by atoms with Crippen molar-refractivity contribution in [3.8, 4) is 0 Å². The Labute approximate surface area is 149 Å². The van der Waals surface area contributed by atoms with Crippen molar-refractivity contribution >= 4 is 0 Å². The molecule has 1 unspecified atom stereocenters. The molecule has 0 bridgehead atoms. The lowest BCUT2D eigenvalue weighted by atomic mass is 9.98. The van der Waals surface area contributed by atoms with E-state index in [1.807, 2.05) is 0 Å². The van der Waals surface area contributed by atoms with E-state index < -0.39 is 55.6 Å². The van der Waals surface area contributed by atoms with Crippen molar-refractivity contribution in [1.82, 2.24) is 0 Å². The van der Waals surface area contributed by atoms with Crippen LogP contribution in [0.4, 0.5) is 57.1 Å². The summed E-state index contributed by atoms with van der Waals surface area (Å²) in [5.74, 6) is -29.8. The lowest BCUT2D eigenvalue weighted by Crippen LogP contribution is -2.69. The number of aliphatic hydroxyl groups excluding tert-OH is 1. The van der Waals surface area contributed by atoms with Gasteiger partial charge in [0.1, 0.15) is 0 Å². The molecule has 15 heteroatoms. The van der Waals surface area contributed by atoms with E-state index in [1.165, 1.54) is 0 Å². The first-order valence-corrected chi connectivity index (χ1v) is 7.49. The Bertz CT molecular complexity index is 481. The van der Waals surface area contributed by atoms with Crippen molar-refractivity contribution in [2.75, 3.05) is 6.67 Å². The van der Waals surface area contributed by atoms with Gasteiger partial charge in [-0.05, 0) is 19.3 Å². The van der Waals surface area contributed by atoms with E-state index in [4.69, 9.17) is 5.11 Å². The van der Waals surface area contributed by atoms with Crippen LogP contribution in [0, 0.1) is 0 Å². The number of rotatable bonds is 13. The SMILES string of the molecule is OC(CCCCCCF)OC(F)(F)C(F)(F)C(F)(F)C(F)(F)C(F)(F)C(F)F. The molecule has 1 atom stereocenters. The van der Waals surface area contributed by atoms with E-state index in [2.05, 4.69) is 4.74 Å². The van der Waals surface area contributed by atoms with Crippen LogP contribution in [0.1, 0.15) is 32.1 Å². The largest absolute Gasteiger partial charge is 0.428 e. The van der Waals surface area contributed by atoms with Gasteiger partial charge in [-0.25, -0.2) is 8.78 Å². The van der Waals surface area contributed by atoms with E-state index in [1.54, 1.807) is 0 Å². The third kappa shape index (κ3) is 5.13. The number of aliphatic hydroxyl groups is 1. The van der Waals surface area contributed by atoms with Crippen LogP contribution in [-0.4, -0.2) is 54.3 Å². The molecule has 1 N–H and O–H groups in total. The fourth-order valence-electron chi connectivity index (χ4n) is 1.80. The van der Waals surface area contributed by atoms with Gasteiger partial charge in [0, 0.05) is 0 Å². The topological polar surface area (TPSA) is 29.5 Å². The summed E-state index contributed by atoms with van der Waals surface area (Å²) >= 11 is 0. The molecule has 0 amide bonds. The minimum atomic E-state index is -7.70. The molecule has 170 valence electrons. The number of hydrogen-bond donors (Lipinski definition) is 1. The number of halogens is 13. The van der Waals surface area contributed by atoms with Gasteiger partial charge < -0.3 is 5.11 Å². The molecule has 0 saturated heterocycles. The van der Waals surface area contributed by atoms with E-state index in [9.17, 15) is 57.1 Å². The molecule has 0 spiro atoms. The summed E-state index contributed by atoms with van der Waals surface area (Å²) in [5.41, 5.74) is 0. The second kappa shape index (κ2) is 9.22. The van der Waals surface area contributed by atoms with Gasteiger partial charge in [-0.3, -0.25) is 9.13 Å². The quantitative estimate of drug-likeness (QED) is 0.224. The molecule has 0 aliphatic rings. The van der Waals surface area contributed by atoms with Crippen LogP contribution in [0.2, 0.25) is 0 Å². The Morgan fingerprint density at radius 3 is 1.57 bits per heavy atom. The van der Waals surface area contributed by atoms with Crippen molar-refractivity contribution in [2.24, 2.45) is 0 Å². The predicted molar refractivity (Wildman–Crippen MR) is 66.9 cm³/mol. The fourth-order valence-corrected chi connectivity index (χ4v) is 1.80. The van der Waals surface area contributed by atoms with E-state index >= 15 is 0 Å². The first-order chi connectivity index (χ1) is 12.4. The van der Waals surface area contributed by atoms with Crippen LogP contribution in [0.5, 0.6) is 0 Å². The molecule has 0 aromatic heterocycles. The molecule has 0 radical (unpaired) electrons. The van der Waals surface area contributed by atoms with Gasteiger partial charge in [-0.1, -0.05) is 12.8 Å². The average molecular weight is 450 g/mol. The Kier molecular flexibility index (Phi) is 8.89. The lowest BCUT2D eigenvalue weighted by molar-refractivity contribution is -0.464. The van der Waals surface area contributed by atoms with E-state index in [0.717, 1.165) is 0 Å². The van der Waals surface area contributed by atoms with Crippen LogP contribution in [-0.2, 0) is 4.74 Å². The smallest absolute Gasteiger partial charge is 0.368 e. The van der Waals surface area contributed by atoms with Gasteiger partial charge in [0.15, 0.2) is 6.29 Å². The Hall–Kier alpha value is -0.990. The maximum Gasteiger partial charge on any atom is 0.428 e. The standard InChI is InChI=1S/C13H15F13O2/c14-6-4-2-1-3-5-7(27)28-13(25,26)12(23,24)11(21,22)10(19,20)9(17,18)8(15)16/h7-8,27H,1-6H2. The molecule has 28 heavy (non-hydrogen) atoms. The molecule has 0 aromatic rings. The Balaban J connectivity index is 5.40. The zero-order valence-corrected chi connectivity index (χ0v) is 13.7. The number of unbranched alkanes of at least 4 members (excludes halogenated alkanes) is 3. The summed E-state index contributed by atoms with van der Waals surface area (Å²) in [7, 11) is 0. The fraction of sp³-hybridized carbons (Fsp3) is 1.00. The first-order valence-electron chi connectivity index (χ1n) is 7.49. The van der Waals surface area contributed by atoms with E-state index in [0.29, 0.717) is 0 Å². The molecule has 0 rings (SSSR count). The van der Waals surface area contributed by atoms with Gasteiger partial charge in [0.05, 0.1) is 6.67 Å². The van der Waals surface area contributed by atoms with Crippen LogP contribution >= 0.6 is 0 Å². The number of ether oxygens (including phenoxy) is 1. The molecule has 2 nitrogen and oxygen atoms in total. The molecule has 0 aliphatic carbocycles. The zero-order valence-electron chi connectivity index (χ0n) is 13.7. The van der Waals surface area contributed by atoms with Crippen molar-refractivity contribution in [3.05, 3.63) is 0 Å². The highest BCUT2D eigenvalue weighted by atomic mass is 19.4. The Morgan fingerprint density at radius 2 is 1.14 bits per heavy atom.